The number of carbonyl (C=O) groups excluding carboxylic acids is 2. The number of carbonyl (C=O) groups is 2. The maximum Gasteiger partial charge on any atom is 0.244 e. The Kier molecular flexibility index (Phi) is 3.59. The third kappa shape index (κ3) is 2.85. The van der Waals surface area contributed by atoms with Gasteiger partial charge in [0, 0.05) is 32.9 Å². The molecule has 1 aliphatic rings. The van der Waals surface area contributed by atoms with Crippen LogP contribution in [0.3, 0.4) is 0 Å². The molecule has 0 aromatic carbocycles. The molecular weight excluding hydrogens is 236 g/mol. The van der Waals surface area contributed by atoms with Gasteiger partial charge in [0.15, 0.2) is 5.82 Å². The lowest BCUT2D eigenvalue weighted by molar-refractivity contribution is -0.133. The zero-order valence-electron chi connectivity index (χ0n) is 10.5. The molecule has 1 aromatic heterocycles. The van der Waals surface area contributed by atoms with Gasteiger partial charge >= 0.3 is 0 Å². The summed E-state index contributed by atoms with van der Waals surface area (Å²) in [6, 6.07) is -0.466. The first-order chi connectivity index (χ1) is 8.56. The lowest BCUT2D eigenvalue weighted by Crippen LogP contribution is -2.43. The molecule has 1 fully saturated rings. The van der Waals surface area contributed by atoms with E-state index in [0.29, 0.717) is 37.6 Å². The molecule has 1 saturated heterocycles. The van der Waals surface area contributed by atoms with Crippen LogP contribution in [0, 0.1) is 6.92 Å². The summed E-state index contributed by atoms with van der Waals surface area (Å²) in [6.07, 6.45) is 0.866. The van der Waals surface area contributed by atoms with Crippen molar-refractivity contribution in [2.75, 3.05) is 13.1 Å². The molecule has 7 heteroatoms. The van der Waals surface area contributed by atoms with Crippen LogP contribution < -0.4 is 5.32 Å². The van der Waals surface area contributed by atoms with Crippen LogP contribution in [-0.4, -0.2) is 46.0 Å². The fourth-order valence-electron chi connectivity index (χ4n) is 1.90. The summed E-state index contributed by atoms with van der Waals surface area (Å²) in [6.45, 7) is 4.35. The van der Waals surface area contributed by atoms with Crippen LogP contribution in [-0.2, 0) is 16.0 Å². The molecule has 0 aliphatic carbocycles. The maximum absolute atomic E-state index is 12.0. The zero-order valence-corrected chi connectivity index (χ0v) is 10.5. The predicted octanol–water partition coefficient (Wildman–Crippen LogP) is -0.342. The minimum Gasteiger partial charge on any atom is -0.345 e. The highest BCUT2D eigenvalue weighted by atomic mass is 16.5. The Bertz CT molecular complexity index is 457. The van der Waals surface area contributed by atoms with Crippen LogP contribution in [0.4, 0.5) is 0 Å². The fourth-order valence-corrected chi connectivity index (χ4v) is 1.90. The molecule has 18 heavy (non-hydrogen) atoms. The molecule has 1 unspecified atom stereocenters. The zero-order chi connectivity index (χ0) is 13.1. The summed E-state index contributed by atoms with van der Waals surface area (Å²) >= 11 is 0. The van der Waals surface area contributed by atoms with E-state index >= 15 is 0 Å². The van der Waals surface area contributed by atoms with Crippen LogP contribution in [0.2, 0.25) is 0 Å². The first-order valence-electron chi connectivity index (χ1n) is 5.93. The van der Waals surface area contributed by atoms with Gasteiger partial charge in [0.25, 0.3) is 0 Å². The third-order valence-corrected chi connectivity index (χ3v) is 2.84. The van der Waals surface area contributed by atoms with E-state index in [1.807, 2.05) is 0 Å². The number of aromatic nitrogens is 2. The van der Waals surface area contributed by atoms with Gasteiger partial charge < -0.3 is 14.7 Å². The Labute approximate surface area is 105 Å². The fraction of sp³-hybridized carbons (Fsp3) is 0.636. The second-order valence-electron chi connectivity index (χ2n) is 4.34. The van der Waals surface area contributed by atoms with Crippen molar-refractivity contribution in [3.8, 4) is 0 Å². The second-order valence-corrected chi connectivity index (χ2v) is 4.34. The van der Waals surface area contributed by atoms with Crippen molar-refractivity contribution in [3.63, 3.8) is 0 Å². The Hall–Kier alpha value is -1.92. The standard InChI is InChI=1S/C11H16N4O3/c1-7-11(17)15(6-4-10(16)12-7)5-3-9-13-8(2)18-14-9/h7H,3-6H2,1-2H3,(H,12,16). The Morgan fingerprint density at radius 3 is 2.94 bits per heavy atom. The summed E-state index contributed by atoms with van der Waals surface area (Å²) in [5, 5.41) is 6.42. The summed E-state index contributed by atoms with van der Waals surface area (Å²) in [5.41, 5.74) is 0. The summed E-state index contributed by atoms with van der Waals surface area (Å²) in [5.74, 6) is 0.934. The number of hydrogen-bond donors (Lipinski definition) is 1. The molecule has 2 heterocycles. The minimum absolute atomic E-state index is 0.0685. The van der Waals surface area contributed by atoms with Gasteiger partial charge in [-0.2, -0.15) is 4.98 Å². The van der Waals surface area contributed by atoms with Crippen molar-refractivity contribution in [3.05, 3.63) is 11.7 Å². The minimum atomic E-state index is -0.466. The van der Waals surface area contributed by atoms with E-state index < -0.39 is 6.04 Å². The number of aryl methyl sites for hydroxylation is 1. The van der Waals surface area contributed by atoms with Gasteiger partial charge in [0.2, 0.25) is 17.7 Å². The average molecular weight is 252 g/mol. The van der Waals surface area contributed by atoms with Crippen LogP contribution in [0.25, 0.3) is 0 Å². The molecule has 1 N–H and O–H groups in total. The van der Waals surface area contributed by atoms with E-state index in [1.165, 1.54) is 0 Å². The summed E-state index contributed by atoms with van der Waals surface area (Å²) in [7, 11) is 0. The number of amides is 2. The smallest absolute Gasteiger partial charge is 0.244 e. The second kappa shape index (κ2) is 5.16. The van der Waals surface area contributed by atoms with Gasteiger partial charge in [0.05, 0.1) is 0 Å². The van der Waals surface area contributed by atoms with E-state index in [2.05, 4.69) is 15.5 Å². The van der Waals surface area contributed by atoms with E-state index in [4.69, 9.17) is 4.52 Å². The molecule has 2 rings (SSSR count). The first-order valence-corrected chi connectivity index (χ1v) is 5.93. The Balaban J connectivity index is 1.95. The molecule has 0 bridgehead atoms. The topological polar surface area (TPSA) is 88.3 Å². The van der Waals surface area contributed by atoms with Crippen molar-refractivity contribution >= 4 is 11.8 Å². The molecule has 2 amide bonds. The molecule has 1 aromatic rings. The highest BCUT2D eigenvalue weighted by Crippen LogP contribution is 2.05. The van der Waals surface area contributed by atoms with Gasteiger partial charge in [-0.3, -0.25) is 9.59 Å². The van der Waals surface area contributed by atoms with Crippen LogP contribution in [0.15, 0.2) is 4.52 Å². The largest absolute Gasteiger partial charge is 0.345 e. The average Bonchev–Trinajstić information content (AvgIpc) is 2.69. The maximum atomic E-state index is 12.0. The molecule has 0 radical (unpaired) electrons. The van der Waals surface area contributed by atoms with E-state index in [-0.39, 0.29) is 11.8 Å². The lowest BCUT2D eigenvalue weighted by atomic mass is 10.2. The van der Waals surface area contributed by atoms with Crippen molar-refractivity contribution in [1.29, 1.82) is 0 Å². The third-order valence-electron chi connectivity index (χ3n) is 2.84. The SMILES string of the molecule is Cc1nc(CCN2CCC(=O)NC(C)C2=O)no1. The van der Waals surface area contributed by atoms with Crippen LogP contribution in [0.5, 0.6) is 0 Å². The van der Waals surface area contributed by atoms with Gasteiger partial charge in [-0.1, -0.05) is 5.16 Å². The highest BCUT2D eigenvalue weighted by molar-refractivity contribution is 5.89. The lowest BCUT2D eigenvalue weighted by Gasteiger charge is -2.21. The van der Waals surface area contributed by atoms with Crippen LogP contribution in [0.1, 0.15) is 25.1 Å². The van der Waals surface area contributed by atoms with Crippen molar-refractivity contribution in [2.45, 2.75) is 32.7 Å². The molecular formula is C11H16N4O3. The molecule has 1 aliphatic heterocycles. The Morgan fingerprint density at radius 1 is 1.50 bits per heavy atom. The quantitative estimate of drug-likeness (QED) is 0.795. The van der Waals surface area contributed by atoms with E-state index in [9.17, 15) is 9.59 Å². The highest BCUT2D eigenvalue weighted by Gasteiger charge is 2.26. The van der Waals surface area contributed by atoms with Gasteiger partial charge in [-0.25, -0.2) is 0 Å². The molecule has 7 nitrogen and oxygen atoms in total. The normalized spacial score (nSPS) is 20.8. The van der Waals surface area contributed by atoms with Crippen molar-refractivity contribution < 1.29 is 14.1 Å². The van der Waals surface area contributed by atoms with Crippen molar-refractivity contribution in [1.82, 2.24) is 20.4 Å². The number of nitrogens with one attached hydrogen (secondary N) is 1. The monoisotopic (exact) mass is 252 g/mol. The van der Waals surface area contributed by atoms with Crippen molar-refractivity contribution in [2.24, 2.45) is 0 Å². The van der Waals surface area contributed by atoms with E-state index in [0.717, 1.165) is 0 Å². The Morgan fingerprint density at radius 2 is 2.28 bits per heavy atom. The summed E-state index contributed by atoms with van der Waals surface area (Å²) in [4.78, 5) is 29.0. The number of rotatable bonds is 3. The summed E-state index contributed by atoms with van der Waals surface area (Å²) < 4.78 is 4.86. The number of hydrogen-bond acceptors (Lipinski definition) is 5. The molecule has 98 valence electrons. The van der Waals surface area contributed by atoms with Gasteiger partial charge in [-0.15, -0.1) is 0 Å². The number of nitrogens with zero attached hydrogens (tertiary/aromatic N) is 3. The van der Waals surface area contributed by atoms with E-state index in [1.54, 1.807) is 18.7 Å². The molecule has 0 spiro atoms. The first kappa shape index (κ1) is 12.5. The molecule has 1 atom stereocenters. The molecule has 0 saturated carbocycles. The van der Waals surface area contributed by atoms with Gasteiger partial charge in [0.1, 0.15) is 6.04 Å². The van der Waals surface area contributed by atoms with Gasteiger partial charge in [-0.05, 0) is 6.92 Å². The predicted molar refractivity (Wildman–Crippen MR) is 61.5 cm³/mol. The van der Waals surface area contributed by atoms with Crippen LogP contribution >= 0.6 is 0 Å².